The van der Waals surface area contributed by atoms with E-state index in [1.807, 2.05) is 0 Å². The molecule has 0 aliphatic rings. The van der Waals surface area contributed by atoms with Gasteiger partial charge in [-0.1, -0.05) is 12.8 Å². The van der Waals surface area contributed by atoms with Gasteiger partial charge in [-0.3, -0.25) is 4.79 Å². The molecular weight excluding hydrogens is 206 g/mol. The number of nitrogens with one attached hydrogen (secondary N) is 1. The van der Waals surface area contributed by atoms with Gasteiger partial charge in [-0.05, 0) is 45.3 Å². The quantitative estimate of drug-likeness (QED) is 0.383. The Labute approximate surface area is 97.6 Å². The van der Waals surface area contributed by atoms with Gasteiger partial charge in [-0.25, -0.2) is 0 Å². The highest BCUT2D eigenvalue weighted by Crippen LogP contribution is 2.00. The molecule has 0 bridgehead atoms. The van der Waals surface area contributed by atoms with Crippen molar-refractivity contribution in [3.8, 4) is 0 Å². The van der Waals surface area contributed by atoms with E-state index in [4.69, 9.17) is 16.6 Å². The molecule has 0 aromatic carbocycles. The maximum atomic E-state index is 10.9. The van der Waals surface area contributed by atoms with Crippen molar-refractivity contribution in [3.05, 3.63) is 0 Å². The van der Waals surface area contributed by atoms with Crippen LogP contribution < -0.4 is 16.8 Å². The summed E-state index contributed by atoms with van der Waals surface area (Å²) in [6.07, 6.45) is 5.64. The van der Waals surface area contributed by atoms with E-state index in [0.29, 0.717) is 13.0 Å². The Bertz CT molecular complexity index is 177. The molecule has 0 fully saturated rings. The summed E-state index contributed by atoms with van der Waals surface area (Å²) in [5, 5.41) is 12.0. The summed E-state index contributed by atoms with van der Waals surface area (Å²) in [6, 6.07) is -0.446. The Hall–Kier alpha value is -0.650. The van der Waals surface area contributed by atoms with E-state index in [1.54, 1.807) is 0 Å². The van der Waals surface area contributed by atoms with E-state index < -0.39 is 12.0 Å². The van der Waals surface area contributed by atoms with Gasteiger partial charge in [-0.2, -0.15) is 0 Å². The fraction of sp³-hybridized carbons (Fsp3) is 0.909. The lowest BCUT2D eigenvalue weighted by molar-refractivity contribution is -0.139. The van der Waals surface area contributed by atoms with Gasteiger partial charge < -0.3 is 21.9 Å². The summed E-state index contributed by atoms with van der Waals surface area (Å²) in [6.45, 7) is 2.04. The molecule has 0 aromatic heterocycles. The number of nitrogens with two attached hydrogens (primary N) is 2. The molecule has 0 aliphatic heterocycles. The van der Waals surface area contributed by atoms with Crippen LogP contribution in [0.1, 0.15) is 38.5 Å². The second-order valence-electron chi connectivity index (χ2n) is 3.98. The van der Waals surface area contributed by atoms with Gasteiger partial charge in [-0.15, -0.1) is 0 Å². The molecule has 0 rings (SSSR count). The summed E-state index contributed by atoms with van der Waals surface area (Å²) in [5.74, 6) is -0.782. The van der Waals surface area contributed by atoms with E-state index in [2.05, 4.69) is 5.32 Å². The molecule has 96 valence electrons. The Morgan fingerprint density at radius 3 is 2.25 bits per heavy atom. The number of hydrogen-bond donors (Lipinski definition) is 4. The van der Waals surface area contributed by atoms with Crippen LogP contribution in [0.25, 0.3) is 0 Å². The first-order valence-corrected chi connectivity index (χ1v) is 6.08. The molecule has 0 radical (unpaired) electrons. The zero-order chi connectivity index (χ0) is 12.2. The van der Waals surface area contributed by atoms with Gasteiger partial charge >= 0.3 is 5.97 Å². The predicted molar refractivity (Wildman–Crippen MR) is 65.2 cm³/mol. The molecular formula is C11H25N3O2. The summed E-state index contributed by atoms with van der Waals surface area (Å²) in [4.78, 5) is 10.9. The average Bonchev–Trinajstić information content (AvgIpc) is 2.26. The summed E-state index contributed by atoms with van der Waals surface area (Å²) >= 11 is 0. The standard InChI is InChI=1S/C11H25N3O2/c12-7-3-1-2-4-9-14-10(11(15)16)6-5-8-13/h10,14H,1-9,12-13H2,(H,15,16). The molecule has 6 N–H and O–H groups in total. The maximum Gasteiger partial charge on any atom is 0.320 e. The highest BCUT2D eigenvalue weighted by atomic mass is 16.4. The molecule has 0 amide bonds. The van der Waals surface area contributed by atoms with Crippen LogP contribution >= 0.6 is 0 Å². The van der Waals surface area contributed by atoms with Crippen LogP contribution in [0.2, 0.25) is 0 Å². The molecule has 0 aliphatic carbocycles. The minimum atomic E-state index is -0.782. The van der Waals surface area contributed by atoms with Gasteiger partial charge in [0.05, 0.1) is 0 Å². The minimum absolute atomic E-state index is 0.446. The van der Waals surface area contributed by atoms with E-state index >= 15 is 0 Å². The molecule has 5 heteroatoms. The second kappa shape index (κ2) is 10.9. The minimum Gasteiger partial charge on any atom is -0.480 e. The second-order valence-corrected chi connectivity index (χ2v) is 3.98. The summed E-state index contributed by atoms with van der Waals surface area (Å²) in [5.41, 5.74) is 10.7. The molecule has 0 spiro atoms. The van der Waals surface area contributed by atoms with Crippen molar-refractivity contribution in [3.63, 3.8) is 0 Å². The van der Waals surface area contributed by atoms with E-state index in [-0.39, 0.29) is 0 Å². The summed E-state index contributed by atoms with van der Waals surface area (Å²) < 4.78 is 0. The molecule has 0 saturated heterocycles. The van der Waals surface area contributed by atoms with Gasteiger partial charge in [0.15, 0.2) is 0 Å². The highest BCUT2D eigenvalue weighted by Gasteiger charge is 2.14. The molecule has 0 saturated carbocycles. The lowest BCUT2D eigenvalue weighted by Gasteiger charge is -2.13. The fourth-order valence-corrected chi connectivity index (χ4v) is 1.53. The number of unbranched alkanes of at least 4 members (excludes halogenated alkanes) is 3. The van der Waals surface area contributed by atoms with Crippen molar-refractivity contribution in [2.24, 2.45) is 11.5 Å². The molecule has 0 heterocycles. The van der Waals surface area contributed by atoms with E-state index in [1.165, 1.54) is 0 Å². The molecule has 0 aromatic rings. The number of hydrogen-bond acceptors (Lipinski definition) is 4. The number of aliphatic carboxylic acids is 1. The molecule has 16 heavy (non-hydrogen) atoms. The van der Waals surface area contributed by atoms with E-state index in [9.17, 15) is 4.79 Å². The third kappa shape index (κ3) is 8.64. The normalized spacial score (nSPS) is 12.6. The summed E-state index contributed by atoms with van der Waals surface area (Å²) in [7, 11) is 0. The van der Waals surface area contributed by atoms with Crippen molar-refractivity contribution < 1.29 is 9.90 Å². The third-order valence-electron chi connectivity index (χ3n) is 2.52. The van der Waals surface area contributed by atoms with Gasteiger partial charge in [0.2, 0.25) is 0 Å². The topological polar surface area (TPSA) is 101 Å². The zero-order valence-electron chi connectivity index (χ0n) is 9.95. The van der Waals surface area contributed by atoms with Crippen molar-refractivity contribution in [2.45, 2.75) is 44.6 Å². The average molecular weight is 231 g/mol. The van der Waals surface area contributed by atoms with Crippen LogP contribution in [0.3, 0.4) is 0 Å². The van der Waals surface area contributed by atoms with Crippen LogP contribution in [0.4, 0.5) is 0 Å². The number of carboxylic acids is 1. The molecule has 1 atom stereocenters. The lowest BCUT2D eigenvalue weighted by atomic mass is 10.1. The predicted octanol–water partition coefficient (Wildman–Crippen LogP) is 0.287. The first-order chi connectivity index (χ1) is 7.72. The first-order valence-electron chi connectivity index (χ1n) is 6.08. The number of carbonyl (C=O) groups is 1. The largest absolute Gasteiger partial charge is 0.480 e. The van der Waals surface area contributed by atoms with Gasteiger partial charge in [0, 0.05) is 0 Å². The van der Waals surface area contributed by atoms with Gasteiger partial charge in [0.25, 0.3) is 0 Å². The van der Waals surface area contributed by atoms with Crippen molar-refractivity contribution in [1.82, 2.24) is 5.32 Å². The number of rotatable bonds is 11. The van der Waals surface area contributed by atoms with Gasteiger partial charge in [0.1, 0.15) is 6.04 Å². The Kier molecular flexibility index (Phi) is 10.4. The first kappa shape index (κ1) is 15.3. The van der Waals surface area contributed by atoms with Crippen molar-refractivity contribution in [2.75, 3.05) is 19.6 Å². The van der Waals surface area contributed by atoms with Crippen molar-refractivity contribution in [1.29, 1.82) is 0 Å². The Morgan fingerprint density at radius 1 is 1.06 bits per heavy atom. The Balaban J connectivity index is 3.48. The van der Waals surface area contributed by atoms with E-state index in [0.717, 1.165) is 45.2 Å². The fourth-order valence-electron chi connectivity index (χ4n) is 1.53. The SMILES string of the molecule is NCCCCCCNC(CCCN)C(=O)O. The highest BCUT2D eigenvalue weighted by molar-refractivity contribution is 5.73. The Morgan fingerprint density at radius 2 is 1.69 bits per heavy atom. The zero-order valence-corrected chi connectivity index (χ0v) is 9.95. The monoisotopic (exact) mass is 231 g/mol. The molecule has 5 nitrogen and oxygen atoms in total. The van der Waals surface area contributed by atoms with Crippen LogP contribution in [-0.4, -0.2) is 36.8 Å². The van der Waals surface area contributed by atoms with Crippen LogP contribution in [-0.2, 0) is 4.79 Å². The van der Waals surface area contributed by atoms with Crippen LogP contribution in [0, 0.1) is 0 Å². The van der Waals surface area contributed by atoms with Crippen LogP contribution in [0.5, 0.6) is 0 Å². The third-order valence-corrected chi connectivity index (χ3v) is 2.52. The molecule has 1 unspecified atom stereocenters. The smallest absolute Gasteiger partial charge is 0.320 e. The number of carboxylic acid groups (broad SMARTS) is 1. The lowest BCUT2D eigenvalue weighted by Crippen LogP contribution is -2.37. The maximum absolute atomic E-state index is 10.9. The van der Waals surface area contributed by atoms with Crippen molar-refractivity contribution >= 4 is 5.97 Å². The van der Waals surface area contributed by atoms with Crippen LogP contribution in [0.15, 0.2) is 0 Å².